The van der Waals surface area contributed by atoms with Crippen LogP contribution in [-0.2, 0) is 19.0 Å². The lowest BCUT2D eigenvalue weighted by Gasteiger charge is -2.28. The highest BCUT2D eigenvalue weighted by Crippen LogP contribution is 2.12. The van der Waals surface area contributed by atoms with Crippen molar-refractivity contribution in [3.05, 3.63) is 0 Å². The summed E-state index contributed by atoms with van der Waals surface area (Å²) >= 11 is 0. The van der Waals surface area contributed by atoms with Crippen LogP contribution in [-0.4, -0.2) is 50.5 Å². The van der Waals surface area contributed by atoms with Gasteiger partial charge in [0, 0.05) is 6.54 Å². The molecule has 0 radical (unpaired) electrons. The fourth-order valence-electron chi connectivity index (χ4n) is 2.21. The molecule has 0 aromatic heterocycles. The molecule has 0 spiro atoms. The molecular weight excluding hydrogens is 272 g/mol. The van der Waals surface area contributed by atoms with Crippen molar-refractivity contribution in [1.29, 1.82) is 0 Å². The minimum absolute atomic E-state index is 0.0816. The lowest BCUT2D eigenvalue weighted by molar-refractivity contribution is -0.0198. The Bertz CT molecular complexity index is 417. The smallest absolute Gasteiger partial charge is 0.365 e. The van der Waals surface area contributed by atoms with Gasteiger partial charge in [-0.25, -0.2) is 4.28 Å². The minimum Gasteiger partial charge on any atom is -0.365 e. The molecule has 2 aliphatic heterocycles. The number of rotatable bonds is 3. The van der Waals surface area contributed by atoms with E-state index in [4.69, 9.17) is 5.73 Å². The highest BCUT2D eigenvalue weighted by Gasteiger charge is 2.27. The molecule has 1 fully saturated rings. The van der Waals surface area contributed by atoms with E-state index in [1.165, 1.54) is 32.1 Å². The summed E-state index contributed by atoms with van der Waals surface area (Å²) in [6.07, 6.45) is 6.15. The molecule has 110 valence electrons. The third kappa shape index (κ3) is 4.51. The van der Waals surface area contributed by atoms with Crippen molar-refractivity contribution in [2.45, 2.75) is 32.1 Å². The van der Waals surface area contributed by atoms with Crippen molar-refractivity contribution in [2.75, 3.05) is 26.2 Å². The first kappa shape index (κ1) is 14.4. The molecule has 0 aliphatic carbocycles. The van der Waals surface area contributed by atoms with Crippen LogP contribution in [0.3, 0.4) is 0 Å². The molecule has 0 aromatic rings. The first-order valence-corrected chi connectivity index (χ1v) is 7.87. The predicted octanol–water partition coefficient (Wildman–Crippen LogP) is -0.00920. The summed E-state index contributed by atoms with van der Waals surface area (Å²) in [5.41, 5.74) is 5.51. The molecule has 0 aromatic carbocycles. The Labute approximate surface area is 113 Å². The molecule has 0 amide bonds. The van der Waals surface area contributed by atoms with Crippen LogP contribution in [0.25, 0.3) is 0 Å². The molecule has 8 nitrogen and oxygen atoms in total. The van der Waals surface area contributed by atoms with Crippen LogP contribution in [0.1, 0.15) is 32.1 Å². The highest BCUT2D eigenvalue weighted by atomic mass is 32.3. The average Bonchev–Trinajstić information content (AvgIpc) is 2.32. The summed E-state index contributed by atoms with van der Waals surface area (Å²) in [6, 6.07) is 0. The summed E-state index contributed by atoms with van der Waals surface area (Å²) in [6.45, 7) is 3.08. The van der Waals surface area contributed by atoms with Gasteiger partial charge in [-0.15, -0.1) is 4.28 Å². The largest absolute Gasteiger partial charge is 0.491 e. The van der Waals surface area contributed by atoms with E-state index in [0.717, 1.165) is 18.2 Å². The molecule has 2 rings (SSSR count). The number of hydrogen-bond donors (Lipinski definition) is 1. The molecule has 2 N–H and O–H groups in total. The Morgan fingerprint density at radius 1 is 1.11 bits per heavy atom. The van der Waals surface area contributed by atoms with Gasteiger partial charge in [-0.05, 0) is 31.1 Å². The Balaban J connectivity index is 1.83. The average molecular weight is 292 g/mol. The van der Waals surface area contributed by atoms with Crippen LogP contribution in [0, 0.1) is 0 Å². The van der Waals surface area contributed by atoms with E-state index < -0.39 is 10.4 Å². The predicted molar refractivity (Wildman–Crippen MR) is 68.9 cm³/mol. The van der Waals surface area contributed by atoms with Crippen molar-refractivity contribution in [3.8, 4) is 0 Å². The van der Waals surface area contributed by atoms with Crippen molar-refractivity contribution < 1.29 is 17.0 Å². The number of oxime groups is 1. The second-order valence-electron chi connectivity index (χ2n) is 4.72. The lowest BCUT2D eigenvalue weighted by Crippen LogP contribution is -2.46. The molecule has 1 saturated heterocycles. The van der Waals surface area contributed by atoms with Crippen LogP contribution in [0.4, 0.5) is 0 Å². The van der Waals surface area contributed by atoms with Gasteiger partial charge < -0.3 is 10.6 Å². The summed E-state index contributed by atoms with van der Waals surface area (Å²) in [5.74, 6) is -0.0816. The van der Waals surface area contributed by atoms with Crippen molar-refractivity contribution in [3.63, 3.8) is 0 Å². The van der Waals surface area contributed by atoms with Gasteiger partial charge in [0.15, 0.2) is 0 Å². The van der Waals surface area contributed by atoms with Gasteiger partial charge in [-0.1, -0.05) is 19.3 Å². The van der Waals surface area contributed by atoms with E-state index in [1.807, 2.05) is 0 Å². The molecule has 9 heteroatoms. The first-order valence-electron chi connectivity index (χ1n) is 6.53. The molecule has 0 bridgehead atoms. The van der Waals surface area contributed by atoms with Gasteiger partial charge in [-0.2, -0.15) is 13.5 Å². The number of nitrogens with zero attached hydrogens (tertiary/aromatic N) is 3. The van der Waals surface area contributed by atoms with Crippen molar-refractivity contribution in [1.82, 2.24) is 9.96 Å². The maximum absolute atomic E-state index is 11.1. The molecular formula is C10H20N4O4S. The summed E-state index contributed by atoms with van der Waals surface area (Å²) in [7, 11) is -4.09. The number of hydrogen-bond acceptors (Lipinski definition) is 8. The second kappa shape index (κ2) is 6.40. The molecule has 19 heavy (non-hydrogen) atoms. The van der Waals surface area contributed by atoms with E-state index in [0.29, 0.717) is 13.1 Å². The zero-order valence-electron chi connectivity index (χ0n) is 10.8. The summed E-state index contributed by atoms with van der Waals surface area (Å²) in [4.78, 5) is 2.29. The van der Waals surface area contributed by atoms with Gasteiger partial charge in [0.1, 0.15) is 0 Å². The van der Waals surface area contributed by atoms with Crippen molar-refractivity contribution >= 4 is 16.4 Å². The monoisotopic (exact) mass is 292 g/mol. The van der Waals surface area contributed by atoms with E-state index in [9.17, 15) is 8.42 Å². The Morgan fingerprint density at radius 2 is 1.74 bits per heavy atom. The molecule has 2 aliphatic rings. The molecule has 0 unspecified atom stereocenters. The van der Waals surface area contributed by atoms with Gasteiger partial charge in [0.25, 0.3) is 5.96 Å². The van der Waals surface area contributed by atoms with Gasteiger partial charge in [0.05, 0.1) is 6.54 Å². The summed E-state index contributed by atoms with van der Waals surface area (Å²) in [5, 5.41) is 4.30. The molecule has 0 atom stereocenters. The number of guanidine groups is 1. The van der Waals surface area contributed by atoms with E-state index in [-0.39, 0.29) is 5.96 Å². The van der Waals surface area contributed by atoms with Crippen LogP contribution >= 0.6 is 0 Å². The lowest BCUT2D eigenvalue weighted by atomic mass is 10.1. The van der Waals surface area contributed by atoms with Crippen molar-refractivity contribution in [2.24, 2.45) is 10.9 Å². The maximum Gasteiger partial charge on any atom is 0.491 e. The minimum atomic E-state index is -4.09. The van der Waals surface area contributed by atoms with E-state index >= 15 is 0 Å². The van der Waals surface area contributed by atoms with Crippen LogP contribution in [0.5, 0.6) is 0 Å². The van der Waals surface area contributed by atoms with E-state index in [1.54, 1.807) is 0 Å². The zero-order valence-corrected chi connectivity index (χ0v) is 11.6. The second-order valence-corrected chi connectivity index (χ2v) is 5.83. The third-order valence-corrected chi connectivity index (χ3v) is 3.85. The standard InChI is InChI=1S/C10H20N4O4S/c11-10-12-17-19(15,16)18-14(10)9-8-13-6-4-2-1-3-5-7-13/h1-9H2,(H2,11,12). The topological polar surface area (TPSA) is 97.5 Å². The third-order valence-electron chi connectivity index (χ3n) is 3.23. The molecule has 2 heterocycles. The highest BCUT2D eigenvalue weighted by molar-refractivity contribution is 7.81. The van der Waals surface area contributed by atoms with Gasteiger partial charge in [0.2, 0.25) is 0 Å². The number of nitrogens with two attached hydrogens (primary N) is 1. The Hall–Kier alpha value is -1.06. The maximum atomic E-state index is 11.1. The number of hydroxylamine groups is 2. The Kier molecular flexibility index (Phi) is 4.83. The normalized spacial score (nSPS) is 25.1. The first-order chi connectivity index (χ1) is 9.07. The molecule has 0 saturated carbocycles. The number of likely N-dealkylation sites (tertiary alicyclic amines) is 1. The quantitative estimate of drug-likeness (QED) is 0.781. The summed E-state index contributed by atoms with van der Waals surface area (Å²) < 4.78 is 30.9. The van der Waals surface area contributed by atoms with Crippen LogP contribution in [0.15, 0.2) is 5.16 Å². The van der Waals surface area contributed by atoms with E-state index in [2.05, 4.69) is 18.6 Å². The fourth-order valence-corrected chi connectivity index (χ4v) is 2.78. The fraction of sp³-hybridized carbons (Fsp3) is 0.900. The van der Waals surface area contributed by atoms with Gasteiger partial charge >= 0.3 is 10.4 Å². The van der Waals surface area contributed by atoms with Gasteiger partial charge in [-0.3, -0.25) is 0 Å². The Morgan fingerprint density at radius 3 is 2.42 bits per heavy atom. The van der Waals surface area contributed by atoms with Crippen LogP contribution in [0.2, 0.25) is 0 Å². The SMILES string of the molecule is NC1=NOS(=O)(=O)ON1CCN1CCCCCCC1. The van der Waals surface area contributed by atoms with Crippen LogP contribution < -0.4 is 5.73 Å². The zero-order chi connectivity index (χ0) is 13.7.